The van der Waals surface area contributed by atoms with E-state index in [0.29, 0.717) is 29.8 Å². The summed E-state index contributed by atoms with van der Waals surface area (Å²) in [6, 6.07) is 4.49. The van der Waals surface area contributed by atoms with E-state index >= 15 is 0 Å². The molecule has 3 N–H and O–H groups in total. The van der Waals surface area contributed by atoms with Crippen molar-refractivity contribution in [2.24, 2.45) is 0 Å². The molecule has 3 aliphatic heterocycles. The molecule has 10 heteroatoms. The van der Waals surface area contributed by atoms with Crippen LogP contribution in [0.25, 0.3) is 0 Å². The van der Waals surface area contributed by atoms with Crippen molar-refractivity contribution >= 4 is 41.7 Å². The van der Waals surface area contributed by atoms with E-state index in [1.54, 1.807) is 18.2 Å². The lowest BCUT2D eigenvalue weighted by Crippen LogP contribution is -2.52. The number of anilines is 1. The molecule has 9 nitrogen and oxygen atoms in total. The summed E-state index contributed by atoms with van der Waals surface area (Å²) in [5.74, 6) is -1.21. The molecule has 0 bridgehead atoms. The maximum atomic E-state index is 12.8. The monoisotopic (exact) mass is 450 g/mol. The zero-order valence-electron chi connectivity index (χ0n) is 17.1. The summed E-state index contributed by atoms with van der Waals surface area (Å²) in [5, 5.41) is 8.44. The van der Waals surface area contributed by atoms with Crippen LogP contribution in [0.3, 0.4) is 0 Å². The van der Waals surface area contributed by atoms with Crippen LogP contribution in [0, 0.1) is 0 Å². The van der Waals surface area contributed by atoms with Crippen LogP contribution in [0.1, 0.15) is 48.0 Å². The Kier molecular flexibility index (Phi) is 7.64. The molecular weight excluding hydrogens is 424 g/mol. The second-order valence-electron chi connectivity index (χ2n) is 7.85. The van der Waals surface area contributed by atoms with Crippen LogP contribution < -0.4 is 16.0 Å². The van der Waals surface area contributed by atoms with E-state index in [9.17, 15) is 19.2 Å². The fourth-order valence-electron chi connectivity index (χ4n) is 4.20. The molecule has 0 saturated carbocycles. The van der Waals surface area contributed by atoms with Gasteiger partial charge in [-0.15, -0.1) is 12.4 Å². The van der Waals surface area contributed by atoms with Gasteiger partial charge in [-0.05, 0) is 44.5 Å². The summed E-state index contributed by atoms with van der Waals surface area (Å²) in [6.07, 6.45) is 2.84. The van der Waals surface area contributed by atoms with Crippen LogP contribution in [0.4, 0.5) is 5.69 Å². The first-order valence-electron chi connectivity index (χ1n) is 10.4. The molecular formula is C21H27ClN4O5. The Morgan fingerprint density at radius 3 is 2.68 bits per heavy atom. The van der Waals surface area contributed by atoms with Crippen LogP contribution >= 0.6 is 12.4 Å². The van der Waals surface area contributed by atoms with Crippen LogP contribution in [-0.2, 0) is 25.7 Å². The van der Waals surface area contributed by atoms with Gasteiger partial charge in [0.15, 0.2) is 0 Å². The van der Waals surface area contributed by atoms with Gasteiger partial charge in [0.2, 0.25) is 17.7 Å². The van der Waals surface area contributed by atoms with Gasteiger partial charge in [0, 0.05) is 29.8 Å². The quantitative estimate of drug-likeness (QED) is 0.556. The van der Waals surface area contributed by atoms with Crippen LogP contribution in [0.5, 0.6) is 0 Å². The molecule has 0 aromatic heterocycles. The molecule has 3 aliphatic rings. The minimum absolute atomic E-state index is 0. The summed E-state index contributed by atoms with van der Waals surface area (Å²) in [7, 11) is 0. The molecule has 1 unspecified atom stereocenters. The Bertz CT molecular complexity index is 871. The zero-order valence-corrected chi connectivity index (χ0v) is 18.0. The van der Waals surface area contributed by atoms with Crippen molar-refractivity contribution in [1.29, 1.82) is 0 Å². The Morgan fingerprint density at radius 1 is 1.16 bits per heavy atom. The fraction of sp³-hybridized carbons (Fsp3) is 0.524. The topological polar surface area (TPSA) is 117 Å². The number of fused-ring (bicyclic) bond motifs is 1. The number of hydrogen-bond acceptors (Lipinski definition) is 6. The Hall–Kier alpha value is -2.49. The number of carbonyl (C=O) groups is 4. The molecule has 4 rings (SSSR count). The number of halogens is 1. The van der Waals surface area contributed by atoms with Gasteiger partial charge in [-0.3, -0.25) is 24.5 Å². The number of nitrogens with zero attached hydrogens (tertiary/aromatic N) is 1. The van der Waals surface area contributed by atoms with Gasteiger partial charge in [-0.2, -0.15) is 0 Å². The molecule has 0 aliphatic carbocycles. The van der Waals surface area contributed by atoms with Crippen molar-refractivity contribution in [3.63, 3.8) is 0 Å². The van der Waals surface area contributed by atoms with Crippen molar-refractivity contribution in [3.8, 4) is 0 Å². The number of nitrogens with one attached hydrogen (secondary N) is 3. The number of rotatable bonds is 6. The first-order valence-corrected chi connectivity index (χ1v) is 10.4. The van der Waals surface area contributed by atoms with Crippen molar-refractivity contribution in [1.82, 2.24) is 15.5 Å². The van der Waals surface area contributed by atoms with Gasteiger partial charge in [0.05, 0.1) is 19.1 Å². The summed E-state index contributed by atoms with van der Waals surface area (Å²) in [4.78, 5) is 50.3. The molecule has 1 aromatic carbocycles. The summed E-state index contributed by atoms with van der Waals surface area (Å²) < 4.78 is 5.78. The number of piperidine rings is 2. The lowest BCUT2D eigenvalue weighted by Gasteiger charge is -2.29. The summed E-state index contributed by atoms with van der Waals surface area (Å²) >= 11 is 0. The molecule has 0 radical (unpaired) electrons. The molecule has 4 amide bonds. The van der Waals surface area contributed by atoms with Gasteiger partial charge in [0.25, 0.3) is 5.91 Å². The lowest BCUT2D eigenvalue weighted by atomic mass is 10.0. The van der Waals surface area contributed by atoms with Crippen LogP contribution in [0.15, 0.2) is 18.2 Å². The maximum Gasteiger partial charge on any atom is 0.255 e. The van der Waals surface area contributed by atoms with Crippen molar-refractivity contribution in [2.75, 3.05) is 25.0 Å². The lowest BCUT2D eigenvalue weighted by molar-refractivity contribution is -0.137. The average molecular weight is 451 g/mol. The highest BCUT2D eigenvalue weighted by molar-refractivity contribution is 6.06. The van der Waals surface area contributed by atoms with Gasteiger partial charge in [-0.25, -0.2) is 0 Å². The third-order valence-corrected chi connectivity index (χ3v) is 5.83. The SMILES string of the molecule is Cl.O=C1CCC(N2Cc3c(NC(=O)CCOC4CCNCC4)cccc3C2=O)C(=O)N1. The van der Waals surface area contributed by atoms with Crippen molar-refractivity contribution < 1.29 is 23.9 Å². The summed E-state index contributed by atoms with van der Waals surface area (Å²) in [5.41, 5.74) is 1.74. The number of ether oxygens (including phenoxy) is 1. The van der Waals surface area contributed by atoms with Gasteiger partial charge in [-0.1, -0.05) is 6.07 Å². The number of hydrogen-bond donors (Lipinski definition) is 3. The number of imide groups is 1. The Balaban J connectivity index is 0.00000272. The van der Waals surface area contributed by atoms with Gasteiger partial charge in [0.1, 0.15) is 6.04 Å². The molecule has 3 heterocycles. The fourth-order valence-corrected chi connectivity index (χ4v) is 4.20. The van der Waals surface area contributed by atoms with Gasteiger partial charge < -0.3 is 20.3 Å². The van der Waals surface area contributed by atoms with Crippen molar-refractivity contribution in [3.05, 3.63) is 29.3 Å². The van der Waals surface area contributed by atoms with E-state index in [2.05, 4.69) is 16.0 Å². The highest BCUT2D eigenvalue weighted by Crippen LogP contribution is 2.32. The molecule has 0 spiro atoms. The highest BCUT2D eigenvalue weighted by Gasteiger charge is 2.39. The maximum absolute atomic E-state index is 12.8. The number of carbonyl (C=O) groups excluding carboxylic acids is 4. The molecule has 168 valence electrons. The van der Waals surface area contributed by atoms with E-state index in [1.807, 2.05) is 0 Å². The first-order chi connectivity index (χ1) is 14.5. The zero-order chi connectivity index (χ0) is 21.1. The second kappa shape index (κ2) is 10.2. The number of benzene rings is 1. The molecule has 2 fully saturated rings. The molecule has 2 saturated heterocycles. The predicted octanol–water partition coefficient (Wildman–Crippen LogP) is 0.967. The molecule has 31 heavy (non-hydrogen) atoms. The molecule has 1 aromatic rings. The van der Waals surface area contributed by atoms with Crippen molar-refractivity contribution in [2.45, 2.75) is 50.8 Å². The van der Waals surface area contributed by atoms with Gasteiger partial charge >= 0.3 is 0 Å². The highest BCUT2D eigenvalue weighted by atomic mass is 35.5. The second-order valence-corrected chi connectivity index (χ2v) is 7.85. The normalized spacial score (nSPS) is 21.4. The van der Waals surface area contributed by atoms with E-state index < -0.39 is 11.9 Å². The van der Waals surface area contributed by atoms with E-state index in [0.717, 1.165) is 25.9 Å². The average Bonchev–Trinajstić information content (AvgIpc) is 3.06. The minimum Gasteiger partial charge on any atom is -0.378 e. The van der Waals surface area contributed by atoms with E-state index in [1.165, 1.54) is 4.90 Å². The third-order valence-electron chi connectivity index (χ3n) is 5.83. The third kappa shape index (κ3) is 5.23. The van der Waals surface area contributed by atoms with E-state index in [4.69, 9.17) is 4.74 Å². The largest absolute Gasteiger partial charge is 0.378 e. The standard InChI is InChI=1S/C21H26N4O5.ClH/c26-18-5-4-17(20(28)24-18)25-12-15-14(21(25)29)2-1-3-16(15)23-19(27)8-11-30-13-6-9-22-10-7-13;/h1-3,13,17,22H,4-12H2,(H,23,27)(H,24,26,28);1H. The molecule has 1 atom stereocenters. The van der Waals surface area contributed by atoms with Crippen LogP contribution in [-0.4, -0.2) is 60.4 Å². The summed E-state index contributed by atoms with van der Waals surface area (Å²) in [6.45, 7) is 2.45. The number of amides is 4. The Labute approximate surface area is 186 Å². The Morgan fingerprint density at radius 2 is 1.94 bits per heavy atom. The van der Waals surface area contributed by atoms with E-state index in [-0.39, 0.29) is 55.6 Å². The first kappa shape index (κ1) is 23.2. The van der Waals surface area contributed by atoms with Crippen LogP contribution in [0.2, 0.25) is 0 Å². The minimum atomic E-state index is -0.676. The smallest absolute Gasteiger partial charge is 0.255 e. The predicted molar refractivity (Wildman–Crippen MR) is 115 cm³/mol.